The zero-order valence-electron chi connectivity index (χ0n) is 15.0. The molecule has 1 saturated heterocycles. The van der Waals surface area contributed by atoms with Crippen LogP contribution in [0.15, 0.2) is 48.5 Å². The Hall–Kier alpha value is -1.79. The highest BCUT2D eigenvalue weighted by Crippen LogP contribution is 2.22. The van der Waals surface area contributed by atoms with Crippen LogP contribution in [0.2, 0.25) is 10.0 Å². The van der Waals surface area contributed by atoms with Gasteiger partial charge in [-0.1, -0.05) is 41.4 Å². The van der Waals surface area contributed by atoms with Crippen LogP contribution < -0.4 is 10.1 Å². The molecule has 0 aliphatic carbocycles. The summed E-state index contributed by atoms with van der Waals surface area (Å²) in [5, 5.41) is 3.86. The molecule has 0 spiro atoms. The maximum absolute atomic E-state index is 12.2. The van der Waals surface area contributed by atoms with Gasteiger partial charge in [0.25, 0.3) is 0 Å². The topological polar surface area (TPSA) is 44.8 Å². The van der Waals surface area contributed by atoms with E-state index in [1.165, 1.54) is 0 Å². The van der Waals surface area contributed by atoms with Crippen molar-refractivity contribution in [1.82, 2.24) is 9.80 Å². The smallest absolute Gasteiger partial charge is 0.238 e. The summed E-state index contributed by atoms with van der Waals surface area (Å²) in [4.78, 5) is 16.7. The van der Waals surface area contributed by atoms with Crippen LogP contribution in [0.4, 0.5) is 5.69 Å². The van der Waals surface area contributed by atoms with Crippen molar-refractivity contribution in [1.29, 1.82) is 0 Å². The Balaban J connectivity index is 1.35. The fraction of sp³-hybridized carbons (Fsp3) is 0.350. The molecule has 1 amide bonds. The monoisotopic (exact) mass is 407 g/mol. The lowest BCUT2D eigenvalue weighted by molar-refractivity contribution is -0.117. The van der Waals surface area contributed by atoms with Crippen LogP contribution in [0, 0.1) is 0 Å². The molecular weight excluding hydrogens is 385 g/mol. The van der Waals surface area contributed by atoms with E-state index in [1.807, 2.05) is 30.3 Å². The highest BCUT2D eigenvalue weighted by molar-refractivity contribution is 6.35. The number of halogens is 2. The van der Waals surface area contributed by atoms with E-state index in [0.29, 0.717) is 28.9 Å². The number of anilines is 1. The van der Waals surface area contributed by atoms with Gasteiger partial charge in [0, 0.05) is 48.5 Å². The van der Waals surface area contributed by atoms with E-state index in [-0.39, 0.29) is 5.91 Å². The molecule has 0 aromatic heterocycles. The van der Waals surface area contributed by atoms with Gasteiger partial charge in [-0.05, 0) is 30.3 Å². The zero-order valence-corrected chi connectivity index (χ0v) is 16.5. The minimum absolute atomic E-state index is 0.0609. The normalized spacial score (nSPS) is 15.5. The first-order valence-corrected chi connectivity index (χ1v) is 9.72. The molecule has 0 bridgehead atoms. The summed E-state index contributed by atoms with van der Waals surface area (Å²) in [5.41, 5.74) is 0.620. The van der Waals surface area contributed by atoms with Crippen molar-refractivity contribution in [2.75, 3.05) is 51.2 Å². The minimum atomic E-state index is -0.0609. The molecule has 144 valence electrons. The standard InChI is InChI=1S/C20H23Cl2N3O2/c21-16-12-17(22)14-18(13-16)23-20(26)15-25-8-6-24(7-9-25)10-11-27-19-4-2-1-3-5-19/h1-5,12-14H,6-11,15H2,(H,23,26). The van der Waals surface area contributed by atoms with Crippen LogP contribution in [0.25, 0.3) is 0 Å². The minimum Gasteiger partial charge on any atom is -0.492 e. The van der Waals surface area contributed by atoms with E-state index in [1.54, 1.807) is 18.2 Å². The Morgan fingerprint density at radius 3 is 2.26 bits per heavy atom. The fourth-order valence-corrected chi connectivity index (χ4v) is 3.54. The predicted octanol–water partition coefficient (Wildman–Crippen LogP) is 3.63. The number of carbonyl (C=O) groups is 1. The van der Waals surface area contributed by atoms with Crippen LogP contribution >= 0.6 is 23.2 Å². The molecule has 1 aliphatic heterocycles. The van der Waals surface area contributed by atoms with Crippen LogP contribution in [0.3, 0.4) is 0 Å². The number of ether oxygens (including phenoxy) is 1. The van der Waals surface area contributed by atoms with Crippen LogP contribution in [0.1, 0.15) is 0 Å². The van der Waals surface area contributed by atoms with E-state index in [9.17, 15) is 4.79 Å². The fourth-order valence-electron chi connectivity index (χ4n) is 3.01. The number of rotatable bonds is 7. The van der Waals surface area contributed by atoms with E-state index in [2.05, 4.69) is 15.1 Å². The van der Waals surface area contributed by atoms with Gasteiger partial charge in [-0.15, -0.1) is 0 Å². The van der Waals surface area contributed by atoms with Crippen molar-refractivity contribution < 1.29 is 9.53 Å². The lowest BCUT2D eigenvalue weighted by Crippen LogP contribution is -2.49. The van der Waals surface area contributed by atoms with Gasteiger partial charge >= 0.3 is 0 Å². The zero-order chi connectivity index (χ0) is 19.1. The number of carbonyl (C=O) groups excluding carboxylic acids is 1. The molecule has 0 radical (unpaired) electrons. The molecular formula is C20H23Cl2N3O2. The number of piperazine rings is 1. The van der Waals surface area contributed by atoms with Gasteiger partial charge in [0.05, 0.1) is 6.54 Å². The summed E-state index contributed by atoms with van der Waals surface area (Å²) in [5.74, 6) is 0.836. The summed E-state index contributed by atoms with van der Waals surface area (Å²) >= 11 is 11.9. The quantitative estimate of drug-likeness (QED) is 0.760. The lowest BCUT2D eigenvalue weighted by atomic mass is 10.3. The molecule has 7 heteroatoms. The molecule has 1 fully saturated rings. The SMILES string of the molecule is O=C(CN1CCN(CCOc2ccccc2)CC1)Nc1cc(Cl)cc(Cl)c1. The molecule has 5 nitrogen and oxygen atoms in total. The molecule has 0 unspecified atom stereocenters. The van der Waals surface area contributed by atoms with Crippen molar-refractivity contribution in [2.45, 2.75) is 0 Å². The second-order valence-corrected chi connectivity index (χ2v) is 7.36. The largest absolute Gasteiger partial charge is 0.492 e. The first-order valence-electron chi connectivity index (χ1n) is 8.97. The third kappa shape index (κ3) is 6.70. The summed E-state index contributed by atoms with van der Waals surface area (Å²) in [6, 6.07) is 14.9. The highest BCUT2D eigenvalue weighted by Gasteiger charge is 2.19. The molecule has 2 aromatic carbocycles. The maximum Gasteiger partial charge on any atom is 0.238 e. The van der Waals surface area contributed by atoms with Crippen molar-refractivity contribution in [2.24, 2.45) is 0 Å². The number of hydrogen-bond acceptors (Lipinski definition) is 4. The number of benzene rings is 2. The van der Waals surface area contributed by atoms with E-state index < -0.39 is 0 Å². The average molecular weight is 408 g/mol. The van der Waals surface area contributed by atoms with Gasteiger partial charge in [-0.3, -0.25) is 14.6 Å². The number of hydrogen-bond donors (Lipinski definition) is 1. The molecule has 3 rings (SSSR count). The predicted molar refractivity (Wildman–Crippen MR) is 110 cm³/mol. The highest BCUT2D eigenvalue weighted by atomic mass is 35.5. The van der Waals surface area contributed by atoms with Gasteiger partial charge in [-0.25, -0.2) is 0 Å². The number of amides is 1. The summed E-state index contributed by atoms with van der Waals surface area (Å²) in [6.45, 7) is 5.47. The van der Waals surface area contributed by atoms with E-state index in [0.717, 1.165) is 38.5 Å². The summed E-state index contributed by atoms with van der Waals surface area (Å²) in [7, 11) is 0. The molecule has 1 N–H and O–H groups in total. The van der Waals surface area contributed by atoms with Crippen LogP contribution in [-0.2, 0) is 4.79 Å². The molecule has 1 heterocycles. The average Bonchev–Trinajstić information content (AvgIpc) is 2.63. The van der Waals surface area contributed by atoms with Crippen molar-refractivity contribution in [3.8, 4) is 5.75 Å². The van der Waals surface area contributed by atoms with Gasteiger partial charge in [0.2, 0.25) is 5.91 Å². The Morgan fingerprint density at radius 2 is 1.59 bits per heavy atom. The second kappa shape index (κ2) is 9.95. The van der Waals surface area contributed by atoms with Crippen molar-refractivity contribution in [3.63, 3.8) is 0 Å². The molecule has 2 aromatic rings. The van der Waals surface area contributed by atoms with E-state index in [4.69, 9.17) is 27.9 Å². The summed E-state index contributed by atoms with van der Waals surface area (Å²) < 4.78 is 5.74. The first-order chi connectivity index (χ1) is 13.1. The lowest BCUT2D eigenvalue weighted by Gasteiger charge is -2.34. The maximum atomic E-state index is 12.2. The van der Waals surface area contributed by atoms with Gasteiger partial charge in [-0.2, -0.15) is 0 Å². The van der Waals surface area contributed by atoms with Crippen LogP contribution in [-0.4, -0.2) is 61.6 Å². The molecule has 0 saturated carbocycles. The Morgan fingerprint density at radius 1 is 0.963 bits per heavy atom. The Bertz CT molecular complexity index is 730. The van der Waals surface area contributed by atoms with Gasteiger partial charge < -0.3 is 10.1 Å². The third-order valence-electron chi connectivity index (χ3n) is 4.40. The third-order valence-corrected chi connectivity index (χ3v) is 4.83. The summed E-state index contributed by atoms with van der Waals surface area (Å²) in [6.07, 6.45) is 0. The first kappa shape index (κ1) is 20.0. The van der Waals surface area contributed by atoms with E-state index >= 15 is 0 Å². The second-order valence-electron chi connectivity index (χ2n) is 6.49. The van der Waals surface area contributed by atoms with Gasteiger partial charge in [0.15, 0.2) is 0 Å². The number of nitrogens with zero attached hydrogens (tertiary/aromatic N) is 2. The molecule has 1 aliphatic rings. The molecule has 27 heavy (non-hydrogen) atoms. The van der Waals surface area contributed by atoms with Crippen molar-refractivity contribution >= 4 is 34.8 Å². The van der Waals surface area contributed by atoms with Gasteiger partial charge in [0.1, 0.15) is 12.4 Å². The van der Waals surface area contributed by atoms with Crippen molar-refractivity contribution in [3.05, 3.63) is 58.6 Å². The van der Waals surface area contributed by atoms with Crippen LogP contribution in [0.5, 0.6) is 5.75 Å². The molecule has 0 atom stereocenters. The Kier molecular flexibility index (Phi) is 7.35. The number of nitrogens with one attached hydrogen (secondary N) is 1. The number of para-hydroxylation sites is 1. The Labute approximate surface area is 169 Å².